The van der Waals surface area contributed by atoms with Gasteiger partial charge in [-0.1, -0.05) is 25.5 Å². The number of methoxy groups -OCH3 is 1. The molecule has 0 aliphatic heterocycles. The maximum Gasteiger partial charge on any atom is 0.240 e. The van der Waals surface area contributed by atoms with E-state index in [9.17, 15) is 14.0 Å². The largest absolute Gasteiger partial charge is 0.493 e. The Morgan fingerprint density at radius 1 is 0.956 bits per heavy atom. The molecule has 1 aliphatic rings. The average Bonchev–Trinajstić information content (AvgIpc) is 3.84. The second-order valence-electron chi connectivity index (χ2n) is 10.8. The molecule has 3 aromatic rings. The molecule has 1 aliphatic carbocycles. The number of aryl methyl sites for hydroxylation is 1. The van der Waals surface area contributed by atoms with Crippen LogP contribution in [-0.4, -0.2) is 32.1 Å². The summed E-state index contributed by atoms with van der Waals surface area (Å²) in [7, 11) is 1.54. The Hall–Kier alpha value is -4.70. The first kappa shape index (κ1) is 33.2. The maximum absolute atomic E-state index is 15.4. The summed E-state index contributed by atoms with van der Waals surface area (Å²) < 4.78 is 46.1. The minimum atomic E-state index is -1.28. The molecule has 238 valence electrons. The smallest absolute Gasteiger partial charge is 0.240 e. The second-order valence-corrected chi connectivity index (χ2v) is 10.8. The van der Waals surface area contributed by atoms with Crippen LogP contribution in [0.2, 0.25) is 0 Å². The molecule has 0 heterocycles. The topological polar surface area (TPSA) is 112 Å². The van der Waals surface area contributed by atoms with Gasteiger partial charge in [-0.3, -0.25) is 9.59 Å². The lowest BCUT2D eigenvalue weighted by Crippen LogP contribution is -2.35. The Balaban J connectivity index is 1.52. The van der Waals surface area contributed by atoms with Gasteiger partial charge in [-0.15, -0.1) is 0 Å². The van der Waals surface area contributed by atoms with E-state index in [1.54, 1.807) is 19.3 Å². The van der Waals surface area contributed by atoms with Crippen LogP contribution in [0.3, 0.4) is 0 Å². The molecule has 2 amide bonds. The predicted molar refractivity (Wildman–Crippen MR) is 171 cm³/mol. The quantitative estimate of drug-likeness (QED) is 0.0722. The fourth-order valence-electron chi connectivity index (χ4n) is 4.56. The third-order valence-electron chi connectivity index (χ3n) is 7.35. The first-order chi connectivity index (χ1) is 21.7. The zero-order valence-electron chi connectivity index (χ0n) is 25.8. The summed E-state index contributed by atoms with van der Waals surface area (Å²) in [5, 5.41) is 5.31. The van der Waals surface area contributed by atoms with Crippen molar-refractivity contribution in [2.45, 2.75) is 46.0 Å². The molecule has 0 aromatic heterocycles. The third kappa shape index (κ3) is 8.48. The molecule has 10 heteroatoms. The van der Waals surface area contributed by atoms with Crippen LogP contribution in [0.15, 0.2) is 72.8 Å². The number of hydrogen-bond acceptors (Lipinski definition) is 6. The number of nitrogens with two attached hydrogens (primary N) is 1. The SMILES string of the molecule is CCCC=CC=C(Oc1ccc(NC(=O)C2(C(=O)Nc3ccc(F)cc3)CC2)cc1F)c1cc(OC)c(OCCCN)cc1C. The van der Waals surface area contributed by atoms with Gasteiger partial charge >= 0.3 is 0 Å². The van der Waals surface area contributed by atoms with Gasteiger partial charge in [-0.25, -0.2) is 8.78 Å². The zero-order valence-corrected chi connectivity index (χ0v) is 25.8. The van der Waals surface area contributed by atoms with Crippen LogP contribution in [0.25, 0.3) is 5.76 Å². The van der Waals surface area contributed by atoms with Crippen molar-refractivity contribution in [3.63, 3.8) is 0 Å². The minimum Gasteiger partial charge on any atom is -0.493 e. The number of carbonyl (C=O) groups is 2. The van der Waals surface area contributed by atoms with Crippen LogP contribution in [0.1, 0.15) is 50.2 Å². The van der Waals surface area contributed by atoms with Gasteiger partial charge in [0.05, 0.1) is 13.7 Å². The summed E-state index contributed by atoms with van der Waals surface area (Å²) in [6.07, 6.45) is 8.83. The molecule has 1 fully saturated rings. The second kappa shape index (κ2) is 15.3. The molecule has 8 nitrogen and oxygen atoms in total. The molecule has 0 saturated heterocycles. The monoisotopic (exact) mass is 619 g/mol. The van der Waals surface area contributed by atoms with Gasteiger partial charge in [-0.2, -0.15) is 0 Å². The van der Waals surface area contributed by atoms with Crippen molar-refractivity contribution >= 4 is 28.9 Å². The Labute approximate surface area is 262 Å². The van der Waals surface area contributed by atoms with E-state index in [1.165, 1.54) is 36.4 Å². The van der Waals surface area contributed by atoms with E-state index >= 15 is 4.39 Å². The number of hydrogen-bond donors (Lipinski definition) is 3. The van der Waals surface area contributed by atoms with Crippen LogP contribution < -0.4 is 30.6 Å². The van der Waals surface area contributed by atoms with Crippen molar-refractivity contribution in [3.8, 4) is 17.2 Å². The van der Waals surface area contributed by atoms with Crippen molar-refractivity contribution in [2.75, 3.05) is 30.9 Å². The van der Waals surface area contributed by atoms with E-state index in [2.05, 4.69) is 17.6 Å². The van der Waals surface area contributed by atoms with Crippen LogP contribution in [0.4, 0.5) is 20.2 Å². The lowest BCUT2D eigenvalue weighted by molar-refractivity contribution is -0.131. The molecule has 4 N–H and O–H groups in total. The lowest BCUT2D eigenvalue weighted by Gasteiger charge is -2.18. The summed E-state index contributed by atoms with van der Waals surface area (Å²) in [4.78, 5) is 26.0. The van der Waals surface area contributed by atoms with E-state index in [-0.39, 0.29) is 11.4 Å². The molecule has 4 rings (SSSR count). The molecular formula is C35H39F2N3O5. The summed E-state index contributed by atoms with van der Waals surface area (Å²) in [5.74, 6) is -0.795. The zero-order chi connectivity index (χ0) is 32.4. The molecule has 0 atom stereocenters. The first-order valence-electron chi connectivity index (χ1n) is 14.9. The Morgan fingerprint density at radius 3 is 2.27 bits per heavy atom. The van der Waals surface area contributed by atoms with Crippen molar-refractivity contribution in [1.82, 2.24) is 0 Å². The summed E-state index contributed by atoms with van der Waals surface area (Å²) >= 11 is 0. The van der Waals surface area contributed by atoms with Crippen molar-refractivity contribution in [2.24, 2.45) is 11.1 Å². The van der Waals surface area contributed by atoms with E-state index in [4.69, 9.17) is 19.9 Å². The van der Waals surface area contributed by atoms with E-state index in [1.807, 2.05) is 25.1 Å². The van der Waals surface area contributed by atoms with Crippen LogP contribution in [0, 0.1) is 24.0 Å². The number of benzene rings is 3. The Morgan fingerprint density at radius 2 is 1.64 bits per heavy atom. The van der Waals surface area contributed by atoms with Gasteiger partial charge < -0.3 is 30.6 Å². The van der Waals surface area contributed by atoms with Crippen molar-refractivity contribution < 1.29 is 32.6 Å². The summed E-state index contributed by atoms with van der Waals surface area (Å²) in [6.45, 7) is 4.92. The highest BCUT2D eigenvalue weighted by atomic mass is 19.1. The van der Waals surface area contributed by atoms with Gasteiger partial charge in [0, 0.05) is 23.0 Å². The van der Waals surface area contributed by atoms with E-state index < -0.39 is 28.9 Å². The average molecular weight is 620 g/mol. The molecule has 1 saturated carbocycles. The highest BCUT2D eigenvalue weighted by molar-refractivity contribution is 6.16. The summed E-state index contributed by atoms with van der Waals surface area (Å²) in [6, 6.07) is 13.0. The standard InChI is InChI=1S/C35H39F2N3O5/c1-4-5-6-7-9-29(27-22-31(43-3)32(20-23(27)2)44-19-8-18-38)45-30-15-14-26(21-28(30)37)40-34(42)35(16-17-35)33(41)39-25-12-10-24(36)11-13-25/h6-7,9-15,20-22H,4-5,8,16-19,38H2,1-3H3,(H,39,41)(H,40,42). The molecule has 3 aromatic carbocycles. The highest BCUT2D eigenvalue weighted by Crippen LogP contribution is 2.47. The highest BCUT2D eigenvalue weighted by Gasteiger charge is 2.56. The number of allylic oxidation sites excluding steroid dienone is 3. The minimum absolute atomic E-state index is 0.0556. The van der Waals surface area contributed by atoms with Gasteiger partial charge in [0.25, 0.3) is 0 Å². The van der Waals surface area contributed by atoms with Gasteiger partial charge in [0.15, 0.2) is 23.1 Å². The van der Waals surface area contributed by atoms with Crippen LogP contribution >= 0.6 is 0 Å². The van der Waals surface area contributed by atoms with Gasteiger partial charge in [0.1, 0.15) is 17.0 Å². The van der Waals surface area contributed by atoms with Crippen molar-refractivity contribution in [1.29, 1.82) is 0 Å². The fourth-order valence-corrected chi connectivity index (χ4v) is 4.56. The molecule has 0 radical (unpaired) electrons. The normalized spacial score (nSPS) is 13.8. The number of halogens is 2. The lowest BCUT2D eigenvalue weighted by atomic mass is 10.0. The predicted octanol–water partition coefficient (Wildman–Crippen LogP) is 7.14. The Kier molecular flexibility index (Phi) is 11.3. The van der Waals surface area contributed by atoms with Crippen LogP contribution in [0.5, 0.6) is 17.2 Å². The number of rotatable bonds is 15. The van der Waals surface area contributed by atoms with E-state index in [0.29, 0.717) is 60.9 Å². The third-order valence-corrected chi connectivity index (χ3v) is 7.35. The molecule has 0 bridgehead atoms. The first-order valence-corrected chi connectivity index (χ1v) is 14.9. The van der Waals surface area contributed by atoms with Gasteiger partial charge in [0.2, 0.25) is 11.8 Å². The number of carbonyl (C=O) groups excluding carboxylic acids is 2. The van der Waals surface area contributed by atoms with Gasteiger partial charge in [-0.05, 0) is 99.3 Å². The van der Waals surface area contributed by atoms with E-state index in [0.717, 1.165) is 24.5 Å². The molecule has 0 unspecified atom stereocenters. The molecule has 0 spiro atoms. The fraction of sp³-hybridized carbons (Fsp3) is 0.314. The Bertz CT molecular complexity index is 1570. The maximum atomic E-state index is 15.4. The number of ether oxygens (including phenoxy) is 3. The van der Waals surface area contributed by atoms with Crippen molar-refractivity contribution in [3.05, 3.63) is 95.6 Å². The van der Waals surface area contributed by atoms with Crippen LogP contribution in [-0.2, 0) is 9.59 Å². The number of nitrogens with one attached hydrogen (secondary N) is 2. The summed E-state index contributed by atoms with van der Waals surface area (Å²) in [5.41, 5.74) is 6.37. The molecule has 45 heavy (non-hydrogen) atoms. The molecular weight excluding hydrogens is 580 g/mol. The number of anilines is 2. The number of amides is 2. The number of unbranched alkanes of at least 4 members (excludes halogenated alkanes) is 1.